The maximum Gasteiger partial charge on any atom is 0.407 e. The van der Waals surface area contributed by atoms with Crippen LogP contribution in [-0.2, 0) is 4.74 Å². The van der Waals surface area contributed by atoms with Crippen LogP contribution in [0.3, 0.4) is 0 Å². The third kappa shape index (κ3) is 5.01. The third-order valence-electron chi connectivity index (χ3n) is 3.85. The number of amides is 2. The largest absolute Gasteiger partial charge is 0.494 e. The zero-order chi connectivity index (χ0) is 17.4. The average molecular weight is 332 g/mol. The Hall–Kier alpha value is -2.50. The number of hydrogen-bond acceptors (Lipinski definition) is 4. The molecular formula is C18H24N2O4. The van der Waals surface area contributed by atoms with Gasteiger partial charge < -0.3 is 19.7 Å². The number of nitrogens with zero attached hydrogens (tertiary/aromatic N) is 1. The molecule has 24 heavy (non-hydrogen) atoms. The standard InChI is InChI=1S/C18H24N2O4/c1-3-13-24-18(22)19-15-9-11-20(12-10-15)17(21)14-5-7-16(8-6-14)23-4-2/h3,5-8,15H,1,4,9-13H2,2H3,(H,19,22). The Morgan fingerprint density at radius 1 is 1.29 bits per heavy atom. The first-order valence-corrected chi connectivity index (χ1v) is 8.20. The number of hydrogen-bond donors (Lipinski definition) is 1. The van der Waals surface area contributed by atoms with E-state index in [9.17, 15) is 9.59 Å². The van der Waals surface area contributed by atoms with E-state index in [0.717, 1.165) is 5.75 Å². The van der Waals surface area contributed by atoms with Gasteiger partial charge >= 0.3 is 6.09 Å². The SMILES string of the molecule is C=CCOC(=O)NC1CCN(C(=O)c2ccc(OCC)cc2)CC1. The lowest BCUT2D eigenvalue weighted by Crippen LogP contribution is -2.46. The van der Waals surface area contributed by atoms with Crippen molar-refractivity contribution in [1.29, 1.82) is 0 Å². The molecule has 6 heteroatoms. The summed E-state index contributed by atoms with van der Waals surface area (Å²) in [5.41, 5.74) is 0.648. The van der Waals surface area contributed by atoms with Crippen molar-refractivity contribution >= 4 is 12.0 Å². The summed E-state index contributed by atoms with van der Waals surface area (Å²) < 4.78 is 10.3. The molecular weight excluding hydrogens is 308 g/mol. The maximum absolute atomic E-state index is 12.5. The van der Waals surface area contributed by atoms with E-state index in [1.165, 1.54) is 6.08 Å². The second-order valence-electron chi connectivity index (χ2n) is 5.56. The molecule has 1 aromatic carbocycles. The van der Waals surface area contributed by atoms with Crippen molar-refractivity contribution in [2.24, 2.45) is 0 Å². The van der Waals surface area contributed by atoms with Crippen LogP contribution in [0.15, 0.2) is 36.9 Å². The number of piperidine rings is 1. The fourth-order valence-electron chi connectivity index (χ4n) is 2.61. The van der Waals surface area contributed by atoms with Crippen molar-refractivity contribution in [3.63, 3.8) is 0 Å². The molecule has 0 spiro atoms. The number of rotatable bonds is 6. The van der Waals surface area contributed by atoms with Gasteiger partial charge in [0.05, 0.1) is 6.61 Å². The van der Waals surface area contributed by atoms with Crippen molar-refractivity contribution in [2.75, 3.05) is 26.3 Å². The minimum atomic E-state index is -0.439. The number of nitrogens with one attached hydrogen (secondary N) is 1. The number of likely N-dealkylation sites (tertiary alicyclic amines) is 1. The van der Waals surface area contributed by atoms with Gasteiger partial charge in [-0.1, -0.05) is 12.7 Å². The summed E-state index contributed by atoms with van der Waals surface area (Å²) >= 11 is 0. The monoisotopic (exact) mass is 332 g/mol. The summed E-state index contributed by atoms with van der Waals surface area (Å²) in [4.78, 5) is 25.8. The van der Waals surface area contributed by atoms with E-state index in [4.69, 9.17) is 9.47 Å². The highest BCUT2D eigenvalue weighted by molar-refractivity contribution is 5.94. The fourth-order valence-corrected chi connectivity index (χ4v) is 2.61. The van der Waals surface area contributed by atoms with Crippen molar-refractivity contribution < 1.29 is 19.1 Å². The first-order valence-electron chi connectivity index (χ1n) is 8.20. The fraction of sp³-hybridized carbons (Fsp3) is 0.444. The molecule has 1 aliphatic heterocycles. The smallest absolute Gasteiger partial charge is 0.407 e. The van der Waals surface area contributed by atoms with Crippen LogP contribution >= 0.6 is 0 Å². The predicted molar refractivity (Wildman–Crippen MR) is 91.2 cm³/mol. The summed E-state index contributed by atoms with van der Waals surface area (Å²) in [7, 11) is 0. The molecule has 1 fully saturated rings. The Labute approximate surface area is 142 Å². The van der Waals surface area contributed by atoms with Crippen molar-refractivity contribution in [1.82, 2.24) is 10.2 Å². The molecule has 0 aromatic heterocycles. The van der Waals surface area contributed by atoms with Gasteiger partial charge in [0.2, 0.25) is 0 Å². The van der Waals surface area contributed by atoms with Gasteiger partial charge in [0.1, 0.15) is 12.4 Å². The number of benzene rings is 1. The summed E-state index contributed by atoms with van der Waals surface area (Å²) in [5, 5.41) is 2.81. The second kappa shape index (κ2) is 8.96. The van der Waals surface area contributed by atoms with Crippen LogP contribution in [0.5, 0.6) is 5.75 Å². The lowest BCUT2D eigenvalue weighted by atomic mass is 10.0. The third-order valence-corrected chi connectivity index (χ3v) is 3.85. The van der Waals surface area contributed by atoms with Gasteiger partial charge in [-0.25, -0.2) is 4.79 Å². The van der Waals surface area contributed by atoms with Crippen LogP contribution in [0.2, 0.25) is 0 Å². The van der Waals surface area contributed by atoms with Gasteiger partial charge in [0.15, 0.2) is 0 Å². The second-order valence-corrected chi connectivity index (χ2v) is 5.56. The van der Waals surface area contributed by atoms with Crippen molar-refractivity contribution in [3.8, 4) is 5.75 Å². The van der Waals surface area contributed by atoms with Gasteiger partial charge in [-0.15, -0.1) is 0 Å². The molecule has 0 radical (unpaired) electrons. The van der Waals surface area contributed by atoms with Gasteiger partial charge in [0.25, 0.3) is 5.91 Å². The molecule has 6 nitrogen and oxygen atoms in total. The van der Waals surface area contributed by atoms with Crippen molar-refractivity contribution in [3.05, 3.63) is 42.5 Å². The Kier molecular flexibility index (Phi) is 6.66. The Balaban J connectivity index is 1.81. The number of alkyl carbamates (subject to hydrolysis) is 1. The molecule has 0 saturated carbocycles. The Morgan fingerprint density at radius 3 is 2.54 bits per heavy atom. The molecule has 2 amide bonds. The van der Waals surface area contributed by atoms with Crippen molar-refractivity contribution in [2.45, 2.75) is 25.8 Å². The molecule has 0 bridgehead atoms. The van der Waals surface area contributed by atoms with E-state index in [-0.39, 0.29) is 18.6 Å². The van der Waals surface area contributed by atoms with E-state index >= 15 is 0 Å². The van der Waals surface area contributed by atoms with Crippen LogP contribution in [0, 0.1) is 0 Å². The Bertz CT molecular complexity index is 563. The Morgan fingerprint density at radius 2 is 1.96 bits per heavy atom. The molecule has 0 aliphatic carbocycles. The summed E-state index contributed by atoms with van der Waals surface area (Å²) in [6.07, 6.45) is 2.52. The van der Waals surface area contributed by atoms with Gasteiger partial charge in [-0.3, -0.25) is 4.79 Å². The quantitative estimate of drug-likeness (QED) is 0.813. The molecule has 2 rings (SSSR count). The number of ether oxygens (including phenoxy) is 2. The minimum Gasteiger partial charge on any atom is -0.494 e. The first-order chi connectivity index (χ1) is 11.6. The topological polar surface area (TPSA) is 67.9 Å². The van der Waals surface area contributed by atoms with Gasteiger partial charge in [0, 0.05) is 24.7 Å². The highest BCUT2D eigenvalue weighted by atomic mass is 16.5. The minimum absolute atomic E-state index is 0.00531. The number of carbonyl (C=O) groups is 2. The molecule has 0 unspecified atom stereocenters. The summed E-state index contributed by atoms with van der Waals surface area (Å²) in [6, 6.07) is 7.21. The average Bonchev–Trinajstić information content (AvgIpc) is 2.61. The molecule has 1 aliphatic rings. The highest BCUT2D eigenvalue weighted by Crippen LogP contribution is 2.17. The van der Waals surface area contributed by atoms with E-state index in [1.54, 1.807) is 24.3 Å². The molecule has 1 N–H and O–H groups in total. The maximum atomic E-state index is 12.5. The lowest BCUT2D eigenvalue weighted by Gasteiger charge is -2.32. The normalized spacial score (nSPS) is 14.8. The van der Waals surface area contributed by atoms with Gasteiger partial charge in [-0.2, -0.15) is 0 Å². The van der Waals surface area contributed by atoms with Gasteiger partial charge in [-0.05, 0) is 44.0 Å². The lowest BCUT2D eigenvalue weighted by molar-refractivity contribution is 0.0703. The molecule has 130 valence electrons. The molecule has 0 atom stereocenters. The predicted octanol–water partition coefficient (Wildman–Crippen LogP) is 2.60. The van der Waals surface area contributed by atoms with Crippen LogP contribution in [0.25, 0.3) is 0 Å². The van der Waals surface area contributed by atoms with E-state index in [0.29, 0.717) is 38.1 Å². The zero-order valence-electron chi connectivity index (χ0n) is 14.0. The summed E-state index contributed by atoms with van der Waals surface area (Å²) in [6.45, 7) is 7.43. The zero-order valence-corrected chi connectivity index (χ0v) is 14.0. The molecule has 1 aromatic rings. The van der Waals surface area contributed by atoms with Crippen LogP contribution in [0.1, 0.15) is 30.1 Å². The van der Waals surface area contributed by atoms with E-state index in [2.05, 4.69) is 11.9 Å². The highest BCUT2D eigenvalue weighted by Gasteiger charge is 2.24. The summed E-state index contributed by atoms with van der Waals surface area (Å²) in [5.74, 6) is 0.765. The number of carbonyl (C=O) groups excluding carboxylic acids is 2. The van der Waals surface area contributed by atoms with Crippen LogP contribution in [-0.4, -0.2) is 49.2 Å². The van der Waals surface area contributed by atoms with Crippen LogP contribution in [0.4, 0.5) is 4.79 Å². The first kappa shape index (κ1) is 17.8. The van der Waals surface area contributed by atoms with Crippen LogP contribution < -0.4 is 10.1 Å². The van der Waals surface area contributed by atoms with E-state index < -0.39 is 6.09 Å². The van der Waals surface area contributed by atoms with E-state index in [1.807, 2.05) is 11.8 Å². The molecule has 1 heterocycles. The molecule has 1 saturated heterocycles.